The van der Waals surface area contributed by atoms with E-state index < -0.39 is 0 Å². The fraction of sp³-hybridized carbons (Fsp3) is 0.682. The van der Waals surface area contributed by atoms with Gasteiger partial charge in [-0.05, 0) is 56.1 Å². The minimum Gasteiger partial charge on any atom is -0.339 e. The maximum atomic E-state index is 12.7. The van der Waals surface area contributed by atoms with Crippen molar-refractivity contribution in [2.75, 3.05) is 32.7 Å². The summed E-state index contributed by atoms with van der Waals surface area (Å²) in [7, 11) is 0. The summed E-state index contributed by atoms with van der Waals surface area (Å²) < 4.78 is 0. The topological polar surface area (TPSA) is 56.8 Å². The number of piperidine rings is 4. The summed E-state index contributed by atoms with van der Waals surface area (Å²) in [5.74, 6) is 1.80. The van der Waals surface area contributed by atoms with Gasteiger partial charge in [0.05, 0.1) is 0 Å². The lowest BCUT2D eigenvalue weighted by Gasteiger charge is -2.54. The van der Waals surface area contributed by atoms with Gasteiger partial charge in [-0.1, -0.05) is 0 Å². The molecular formula is C22H30N4O2. The predicted molar refractivity (Wildman–Crippen MR) is 106 cm³/mol. The summed E-state index contributed by atoms with van der Waals surface area (Å²) in [4.78, 5) is 35.9. The van der Waals surface area contributed by atoms with Crippen LogP contribution in [0.4, 0.5) is 0 Å². The fourth-order valence-corrected chi connectivity index (χ4v) is 6.06. The van der Waals surface area contributed by atoms with Crippen LogP contribution in [-0.2, 0) is 4.79 Å². The summed E-state index contributed by atoms with van der Waals surface area (Å²) in [6, 6.07) is 4.67. The number of fused-ring (bicyclic) bond motifs is 4. The van der Waals surface area contributed by atoms with Crippen molar-refractivity contribution in [3.8, 4) is 0 Å². The Morgan fingerprint density at radius 3 is 2.61 bits per heavy atom. The second kappa shape index (κ2) is 7.47. The molecule has 4 saturated heterocycles. The molecule has 1 aromatic rings. The van der Waals surface area contributed by atoms with Crippen molar-refractivity contribution in [1.82, 2.24) is 19.7 Å². The molecule has 28 heavy (non-hydrogen) atoms. The van der Waals surface area contributed by atoms with E-state index in [0.29, 0.717) is 29.8 Å². The highest BCUT2D eigenvalue weighted by Crippen LogP contribution is 2.39. The van der Waals surface area contributed by atoms with Crippen molar-refractivity contribution in [2.45, 2.75) is 50.6 Å². The van der Waals surface area contributed by atoms with E-state index in [2.05, 4.69) is 14.8 Å². The van der Waals surface area contributed by atoms with Crippen LogP contribution in [0.25, 0.3) is 0 Å². The second-order valence-corrected chi connectivity index (χ2v) is 9.08. The quantitative estimate of drug-likeness (QED) is 0.785. The Kier molecular flexibility index (Phi) is 4.83. The molecule has 5 rings (SSSR count). The third-order valence-corrected chi connectivity index (χ3v) is 7.40. The SMILES string of the molecule is O=C(c1ccncc1)N1CCC(N2C[C@H]3C[C@H](C2)[C@H]2CCCC(=O)N2C3)CC1. The first-order valence-electron chi connectivity index (χ1n) is 10.9. The number of carbonyl (C=O) groups is 2. The highest BCUT2D eigenvalue weighted by atomic mass is 16.2. The average Bonchev–Trinajstić information content (AvgIpc) is 2.75. The molecule has 6 heteroatoms. The first-order chi connectivity index (χ1) is 13.7. The summed E-state index contributed by atoms with van der Waals surface area (Å²) in [6.07, 6.45) is 9.80. The van der Waals surface area contributed by atoms with Gasteiger partial charge in [0, 0.05) is 69.2 Å². The minimum atomic E-state index is 0.132. The minimum absolute atomic E-state index is 0.132. The molecule has 6 nitrogen and oxygen atoms in total. The van der Waals surface area contributed by atoms with Crippen LogP contribution in [0.3, 0.4) is 0 Å². The molecule has 4 aliphatic rings. The molecule has 0 saturated carbocycles. The van der Waals surface area contributed by atoms with Crippen molar-refractivity contribution in [3.05, 3.63) is 30.1 Å². The summed E-state index contributed by atoms with van der Waals surface area (Å²) >= 11 is 0. The zero-order chi connectivity index (χ0) is 19.1. The van der Waals surface area contributed by atoms with Crippen LogP contribution in [0, 0.1) is 11.8 Å². The number of aromatic nitrogens is 1. The van der Waals surface area contributed by atoms with Crippen molar-refractivity contribution in [2.24, 2.45) is 11.8 Å². The molecule has 0 aliphatic carbocycles. The summed E-state index contributed by atoms with van der Waals surface area (Å²) in [5, 5.41) is 0. The van der Waals surface area contributed by atoms with E-state index in [1.807, 2.05) is 4.90 Å². The van der Waals surface area contributed by atoms with Crippen LogP contribution in [0.5, 0.6) is 0 Å². The van der Waals surface area contributed by atoms with Gasteiger partial charge in [-0.25, -0.2) is 0 Å². The average molecular weight is 383 g/mol. The third-order valence-electron chi connectivity index (χ3n) is 7.40. The number of carbonyl (C=O) groups excluding carboxylic acids is 2. The smallest absolute Gasteiger partial charge is 0.253 e. The lowest BCUT2D eigenvalue weighted by Crippen LogP contribution is -2.62. The van der Waals surface area contributed by atoms with Gasteiger partial charge < -0.3 is 9.80 Å². The van der Waals surface area contributed by atoms with Crippen LogP contribution < -0.4 is 0 Å². The molecule has 0 N–H and O–H groups in total. The lowest BCUT2D eigenvalue weighted by molar-refractivity contribution is -0.145. The Morgan fingerprint density at radius 1 is 1.04 bits per heavy atom. The van der Waals surface area contributed by atoms with Crippen molar-refractivity contribution in [3.63, 3.8) is 0 Å². The number of hydrogen-bond donors (Lipinski definition) is 0. The van der Waals surface area contributed by atoms with E-state index in [4.69, 9.17) is 0 Å². The van der Waals surface area contributed by atoms with Crippen LogP contribution in [0.15, 0.2) is 24.5 Å². The van der Waals surface area contributed by atoms with Gasteiger partial charge in [-0.15, -0.1) is 0 Å². The largest absolute Gasteiger partial charge is 0.339 e. The first kappa shape index (κ1) is 18.1. The fourth-order valence-electron chi connectivity index (χ4n) is 6.06. The molecule has 0 aromatic carbocycles. The molecule has 0 spiro atoms. The third kappa shape index (κ3) is 3.32. The standard InChI is InChI=1S/C22H30N4O2/c27-21-3-1-2-20-18-12-16(14-26(20)21)13-25(15-18)19-6-10-24(11-7-19)22(28)17-4-8-23-9-5-17/h4-5,8-9,16,18-20H,1-3,6-7,10-15H2/t16-,18-,20-/m1/s1. The Morgan fingerprint density at radius 2 is 1.82 bits per heavy atom. The van der Waals surface area contributed by atoms with Gasteiger partial charge in [0.25, 0.3) is 5.91 Å². The number of rotatable bonds is 2. The molecule has 0 radical (unpaired) electrons. The zero-order valence-corrected chi connectivity index (χ0v) is 16.5. The molecule has 4 aliphatic heterocycles. The van der Waals surface area contributed by atoms with E-state index in [1.54, 1.807) is 24.5 Å². The molecule has 4 fully saturated rings. The Labute approximate surface area is 166 Å². The number of hydrogen-bond acceptors (Lipinski definition) is 4. The molecule has 2 amide bonds. The number of likely N-dealkylation sites (tertiary alicyclic amines) is 2. The van der Waals surface area contributed by atoms with Crippen molar-refractivity contribution < 1.29 is 9.59 Å². The normalized spacial score (nSPS) is 31.6. The van der Waals surface area contributed by atoms with Crippen LogP contribution in [0.2, 0.25) is 0 Å². The molecular weight excluding hydrogens is 352 g/mol. The van der Waals surface area contributed by atoms with E-state index in [9.17, 15) is 9.59 Å². The highest BCUT2D eigenvalue weighted by Gasteiger charge is 2.45. The number of nitrogens with zero attached hydrogens (tertiary/aromatic N) is 4. The Hall–Kier alpha value is -1.95. The molecule has 150 valence electrons. The van der Waals surface area contributed by atoms with Crippen molar-refractivity contribution in [1.29, 1.82) is 0 Å². The molecule has 3 atom stereocenters. The van der Waals surface area contributed by atoms with Gasteiger partial charge in [0.1, 0.15) is 0 Å². The molecule has 1 aromatic heterocycles. The molecule has 2 bridgehead atoms. The van der Waals surface area contributed by atoms with Gasteiger partial charge >= 0.3 is 0 Å². The number of pyridine rings is 1. The van der Waals surface area contributed by atoms with Crippen LogP contribution in [0.1, 0.15) is 48.9 Å². The van der Waals surface area contributed by atoms with Crippen LogP contribution >= 0.6 is 0 Å². The first-order valence-corrected chi connectivity index (χ1v) is 10.9. The summed E-state index contributed by atoms with van der Waals surface area (Å²) in [5.41, 5.74) is 0.739. The van der Waals surface area contributed by atoms with Gasteiger partial charge in [0.2, 0.25) is 5.91 Å². The maximum Gasteiger partial charge on any atom is 0.253 e. The Balaban J connectivity index is 1.20. The van der Waals surface area contributed by atoms with Crippen molar-refractivity contribution >= 4 is 11.8 Å². The van der Waals surface area contributed by atoms with Gasteiger partial charge in [-0.3, -0.25) is 19.5 Å². The molecule has 0 unspecified atom stereocenters. The number of amides is 2. The van der Waals surface area contributed by atoms with E-state index >= 15 is 0 Å². The van der Waals surface area contributed by atoms with E-state index in [-0.39, 0.29) is 5.91 Å². The van der Waals surface area contributed by atoms with Gasteiger partial charge in [0.15, 0.2) is 0 Å². The highest BCUT2D eigenvalue weighted by molar-refractivity contribution is 5.94. The van der Waals surface area contributed by atoms with E-state index in [0.717, 1.165) is 64.0 Å². The molecule has 5 heterocycles. The second-order valence-electron chi connectivity index (χ2n) is 9.08. The maximum absolute atomic E-state index is 12.7. The van der Waals surface area contributed by atoms with Crippen LogP contribution in [-0.4, -0.2) is 76.3 Å². The monoisotopic (exact) mass is 382 g/mol. The lowest BCUT2D eigenvalue weighted by atomic mass is 9.75. The summed E-state index contributed by atoms with van der Waals surface area (Å²) in [6.45, 7) is 4.90. The predicted octanol–water partition coefficient (Wildman–Crippen LogP) is 2.02. The zero-order valence-electron chi connectivity index (χ0n) is 16.5. The van der Waals surface area contributed by atoms with Gasteiger partial charge in [-0.2, -0.15) is 0 Å². The Bertz CT molecular complexity index is 731. The van der Waals surface area contributed by atoms with E-state index in [1.165, 1.54) is 12.8 Å².